The summed E-state index contributed by atoms with van der Waals surface area (Å²) in [5, 5.41) is 4.63. The minimum atomic E-state index is -0.394. The van der Waals surface area contributed by atoms with Crippen LogP contribution in [0.15, 0.2) is 194 Å². The lowest BCUT2D eigenvalue weighted by atomic mass is 10.00. The summed E-state index contributed by atoms with van der Waals surface area (Å²) in [6, 6.07) is 55.6. The van der Waals surface area contributed by atoms with Crippen molar-refractivity contribution in [2.75, 3.05) is 0 Å². The predicted molar refractivity (Wildman–Crippen MR) is 211 cm³/mol. The molecule has 0 amide bonds. The first kappa shape index (κ1) is 23.6. The lowest BCUT2D eigenvalue weighted by Gasteiger charge is -2.12. The minimum absolute atomic E-state index is 0.197. The maximum atomic E-state index is 8.50. The SMILES string of the molecule is [2H]c1c([2H])c([2H])c(-c2ccc(-n3c4ccccc4c4c5c6ccccc6n(-c6cccc(-c7ccc(-c8ccccc8)cc7)c6)c5ccc43)cc2)c([2H])c1[2H]. The van der Waals surface area contributed by atoms with Crippen LogP contribution < -0.4 is 0 Å². The van der Waals surface area contributed by atoms with Gasteiger partial charge < -0.3 is 9.13 Å². The molecule has 2 heteroatoms. The zero-order valence-electron chi connectivity index (χ0n) is 32.0. The number of hydrogen-bond acceptors (Lipinski definition) is 0. The molecule has 0 aliphatic heterocycles. The zero-order valence-corrected chi connectivity index (χ0v) is 27.0. The molecule has 2 aromatic heterocycles. The molecule has 234 valence electrons. The molecule has 0 bridgehead atoms. The van der Waals surface area contributed by atoms with E-state index in [-0.39, 0.29) is 29.7 Å². The van der Waals surface area contributed by atoms with E-state index in [1.807, 2.05) is 30.3 Å². The van der Waals surface area contributed by atoms with Crippen LogP contribution in [0.3, 0.4) is 0 Å². The Kier molecular flexibility index (Phi) is 5.44. The highest BCUT2D eigenvalue weighted by atomic mass is 15.0. The molecule has 8 aromatic carbocycles. The van der Waals surface area contributed by atoms with Gasteiger partial charge in [0.15, 0.2) is 0 Å². The van der Waals surface area contributed by atoms with E-state index in [2.05, 4.69) is 143 Å². The average Bonchev–Trinajstić information content (AvgIpc) is 3.76. The van der Waals surface area contributed by atoms with Crippen molar-refractivity contribution in [2.45, 2.75) is 0 Å². The molecule has 2 nitrogen and oxygen atoms in total. The van der Waals surface area contributed by atoms with Crippen molar-refractivity contribution in [3.8, 4) is 44.8 Å². The van der Waals surface area contributed by atoms with Gasteiger partial charge in [0.1, 0.15) is 0 Å². The zero-order chi connectivity index (χ0) is 37.4. The van der Waals surface area contributed by atoms with Crippen LogP contribution in [-0.2, 0) is 0 Å². The maximum Gasteiger partial charge on any atom is 0.0629 e. The summed E-state index contributed by atoms with van der Waals surface area (Å²) >= 11 is 0. The van der Waals surface area contributed by atoms with Gasteiger partial charge in [-0.3, -0.25) is 0 Å². The quantitative estimate of drug-likeness (QED) is 0.177. The number of aromatic nitrogens is 2. The van der Waals surface area contributed by atoms with Crippen molar-refractivity contribution >= 4 is 43.6 Å². The topological polar surface area (TPSA) is 9.86 Å². The molecule has 0 atom stereocenters. The molecule has 0 spiro atoms. The molecule has 0 N–H and O–H groups in total. The third-order valence-corrected chi connectivity index (χ3v) is 9.82. The summed E-state index contributed by atoms with van der Waals surface area (Å²) in [6.07, 6.45) is 0. The Bertz CT molecular complexity index is 3100. The van der Waals surface area contributed by atoms with Crippen LogP contribution in [0.25, 0.3) is 88.4 Å². The highest BCUT2D eigenvalue weighted by Crippen LogP contribution is 2.42. The Morgan fingerprint density at radius 3 is 1.44 bits per heavy atom. The van der Waals surface area contributed by atoms with Gasteiger partial charge in [-0.1, -0.05) is 145 Å². The van der Waals surface area contributed by atoms with Gasteiger partial charge >= 0.3 is 0 Å². The maximum absolute atomic E-state index is 8.50. The second kappa shape index (κ2) is 11.5. The van der Waals surface area contributed by atoms with Crippen molar-refractivity contribution in [3.63, 3.8) is 0 Å². The molecule has 0 saturated carbocycles. The van der Waals surface area contributed by atoms with Crippen molar-refractivity contribution in [1.82, 2.24) is 9.13 Å². The number of hydrogen-bond donors (Lipinski definition) is 0. The summed E-state index contributed by atoms with van der Waals surface area (Å²) in [5.74, 6) is 0. The Labute approximate surface area is 297 Å². The summed E-state index contributed by atoms with van der Waals surface area (Å²) < 4.78 is 46.0. The minimum Gasteiger partial charge on any atom is -0.309 e. The number of para-hydroxylation sites is 2. The van der Waals surface area contributed by atoms with Crippen LogP contribution in [0.5, 0.6) is 0 Å². The number of nitrogens with zero attached hydrogens (tertiary/aromatic N) is 2. The van der Waals surface area contributed by atoms with Crippen LogP contribution in [-0.4, -0.2) is 9.13 Å². The monoisotopic (exact) mass is 641 g/mol. The molecule has 10 rings (SSSR count). The fourth-order valence-corrected chi connectivity index (χ4v) is 7.56. The van der Waals surface area contributed by atoms with Gasteiger partial charge in [0.05, 0.1) is 28.9 Å². The second-order valence-electron chi connectivity index (χ2n) is 12.6. The standard InChI is InChI=1S/C48H32N2/c1-3-12-33(13-4-1)35-22-24-37(25-23-35)38-16-11-17-40(32-38)50-44-21-10-8-19-42(44)48-46(50)31-30-45-47(48)41-18-7-9-20-43(41)49(45)39-28-26-36(27-29-39)34-14-5-2-6-15-34/h1-32H/i2D,5D,6D,14D,15D. The third-order valence-electron chi connectivity index (χ3n) is 9.82. The van der Waals surface area contributed by atoms with E-state index in [1.165, 1.54) is 21.9 Å². The van der Waals surface area contributed by atoms with Crippen LogP contribution in [0, 0.1) is 0 Å². The first-order chi connectivity index (χ1) is 26.9. The number of fused-ring (bicyclic) bond motifs is 7. The number of rotatable bonds is 5. The average molecular weight is 642 g/mol. The first-order valence-electron chi connectivity index (χ1n) is 19.3. The van der Waals surface area contributed by atoms with E-state index < -0.39 is 6.04 Å². The molecule has 2 heterocycles. The highest BCUT2D eigenvalue weighted by Gasteiger charge is 2.20. The van der Waals surface area contributed by atoms with Gasteiger partial charge in [-0.25, -0.2) is 0 Å². The molecule has 10 aromatic rings. The summed E-state index contributed by atoms with van der Waals surface area (Å²) in [6.45, 7) is 0. The van der Waals surface area contributed by atoms with Crippen molar-refractivity contribution in [2.24, 2.45) is 0 Å². The Morgan fingerprint density at radius 1 is 0.320 bits per heavy atom. The van der Waals surface area contributed by atoms with E-state index in [4.69, 9.17) is 6.85 Å². The van der Waals surface area contributed by atoms with Gasteiger partial charge in [0.25, 0.3) is 0 Å². The van der Waals surface area contributed by atoms with Crippen LogP contribution in [0.1, 0.15) is 6.85 Å². The predicted octanol–water partition coefficient (Wildman–Crippen LogP) is 12.9. The Morgan fingerprint density at radius 2 is 0.800 bits per heavy atom. The van der Waals surface area contributed by atoms with Gasteiger partial charge in [-0.15, -0.1) is 0 Å². The van der Waals surface area contributed by atoms with E-state index in [0.717, 1.165) is 55.3 Å². The third kappa shape index (κ3) is 4.50. The van der Waals surface area contributed by atoms with E-state index in [0.29, 0.717) is 5.56 Å². The Balaban J connectivity index is 1.14. The number of benzene rings is 8. The molecular formula is C48H32N2. The first-order valence-corrected chi connectivity index (χ1v) is 16.8. The normalized spacial score (nSPS) is 13.0. The highest BCUT2D eigenvalue weighted by molar-refractivity contribution is 6.28. The van der Waals surface area contributed by atoms with E-state index >= 15 is 0 Å². The van der Waals surface area contributed by atoms with Crippen LogP contribution in [0.2, 0.25) is 0 Å². The van der Waals surface area contributed by atoms with Gasteiger partial charge in [0.2, 0.25) is 0 Å². The van der Waals surface area contributed by atoms with E-state index in [1.54, 1.807) is 0 Å². The Hall–Kier alpha value is -6.64. The summed E-state index contributed by atoms with van der Waals surface area (Å²) in [5.41, 5.74) is 11.8. The fourth-order valence-electron chi connectivity index (χ4n) is 7.56. The summed E-state index contributed by atoms with van der Waals surface area (Å²) in [7, 11) is 0. The summed E-state index contributed by atoms with van der Waals surface area (Å²) in [4.78, 5) is 0. The molecule has 50 heavy (non-hydrogen) atoms. The van der Waals surface area contributed by atoms with Gasteiger partial charge in [-0.2, -0.15) is 0 Å². The largest absolute Gasteiger partial charge is 0.309 e. The van der Waals surface area contributed by atoms with Gasteiger partial charge in [-0.05, 0) is 81.9 Å². The molecule has 0 aliphatic rings. The lowest BCUT2D eigenvalue weighted by molar-refractivity contribution is 1.17. The lowest BCUT2D eigenvalue weighted by Crippen LogP contribution is -1.95. The molecular weight excluding hydrogens is 605 g/mol. The molecule has 0 aliphatic carbocycles. The molecule has 0 radical (unpaired) electrons. The van der Waals surface area contributed by atoms with Crippen molar-refractivity contribution in [1.29, 1.82) is 0 Å². The molecule has 0 saturated heterocycles. The van der Waals surface area contributed by atoms with Gasteiger partial charge in [0, 0.05) is 32.9 Å². The van der Waals surface area contributed by atoms with E-state index in [9.17, 15) is 0 Å². The van der Waals surface area contributed by atoms with Crippen molar-refractivity contribution in [3.05, 3.63) is 194 Å². The fraction of sp³-hybridized carbons (Fsp3) is 0. The smallest absolute Gasteiger partial charge is 0.0629 e. The molecule has 0 fully saturated rings. The van der Waals surface area contributed by atoms with Crippen molar-refractivity contribution < 1.29 is 6.85 Å². The second-order valence-corrected chi connectivity index (χ2v) is 12.6. The van der Waals surface area contributed by atoms with Crippen LogP contribution in [0.4, 0.5) is 0 Å². The van der Waals surface area contributed by atoms with Crippen LogP contribution >= 0.6 is 0 Å². The molecule has 0 unspecified atom stereocenters.